The van der Waals surface area contributed by atoms with Crippen molar-refractivity contribution in [2.75, 3.05) is 6.61 Å². The third-order valence-electron chi connectivity index (χ3n) is 7.39. The highest BCUT2D eigenvalue weighted by Crippen LogP contribution is 2.52. The average molecular weight is 581 g/mol. The first kappa shape index (κ1) is 30.4. The SMILES string of the molecule is CC(=O)OC1(C)CC(OC(=O)C=Cc2ccc(O)cc2)C2C(C(=O)O)=COC(OC3OC(CO)C(O)C(O)C3O)C21. The van der Waals surface area contributed by atoms with Crippen molar-refractivity contribution in [3.63, 3.8) is 0 Å². The van der Waals surface area contributed by atoms with Gasteiger partial charge in [-0.2, -0.15) is 0 Å². The number of benzene rings is 1. The lowest BCUT2D eigenvalue weighted by atomic mass is 9.80. The maximum atomic E-state index is 12.8. The molecular formula is C27H32O14. The third-order valence-corrected chi connectivity index (χ3v) is 7.39. The minimum Gasteiger partial charge on any atom is -0.508 e. The molecule has 41 heavy (non-hydrogen) atoms. The highest BCUT2D eigenvalue weighted by molar-refractivity contribution is 5.89. The van der Waals surface area contributed by atoms with Crippen molar-refractivity contribution < 1.29 is 68.7 Å². The van der Waals surface area contributed by atoms with Crippen LogP contribution in [0.1, 0.15) is 25.8 Å². The molecule has 4 rings (SSSR count). The third kappa shape index (κ3) is 6.37. The summed E-state index contributed by atoms with van der Waals surface area (Å²) in [6.07, 6.45) is -7.42. The largest absolute Gasteiger partial charge is 0.508 e. The maximum Gasteiger partial charge on any atom is 0.335 e. The Balaban J connectivity index is 1.63. The van der Waals surface area contributed by atoms with Gasteiger partial charge in [-0.05, 0) is 30.7 Å². The van der Waals surface area contributed by atoms with Crippen molar-refractivity contribution in [3.8, 4) is 5.75 Å². The number of aliphatic hydroxyl groups is 4. The van der Waals surface area contributed by atoms with E-state index < -0.39 is 85.1 Å². The molecule has 1 aromatic carbocycles. The Labute approximate surface area is 234 Å². The van der Waals surface area contributed by atoms with E-state index in [0.29, 0.717) is 5.56 Å². The van der Waals surface area contributed by atoms with Gasteiger partial charge in [0.1, 0.15) is 41.9 Å². The van der Waals surface area contributed by atoms with E-state index in [0.717, 1.165) is 19.3 Å². The first-order valence-corrected chi connectivity index (χ1v) is 12.8. The van der Waals surface area contributed by atoms with Gasteiger partial charge in [0.05, 0.1) is 24.4 Å². The predicted molar refractivity (Wildman–Crippen MR) is 134 cm³/mol. The van der Waals surface area contributed by atoms with E-state index in [2.05, 4.69) is 0 Å². The van der Waals surface area contributed by atoms with Crippen molar-refractivity contribution in [1.29, 1.82) is 0 Å². The van der Waals surface area contributed by atoms with E-state index >= 15 is 0 Å². The summed E-state index contributed by atoms with van der Waals surface area (Å²) in [6, 6.07) is 5.98. The molecule has 0 radical (unpaired) electrons. The molecule has 0 bridgehead atoms. The van der Waals surface area contributed by atoms with Crippen LogP contribution in [0.25, 0.3) is 6.08 Å². The lowest BCUT2D eigenvalue weighted by molar-refractivity contribution is -0.346. The Bertz CT molecular complexity index is 1190. The normalized spacial score (nSPS) is 36.6. The number of carboxylic acids is 1. The zero-order valence-corrected chi connectivity index (χ0v) is 22.1. The summed E-state index contributed by atoms with van der Waals surface area (Å²) in [6.45, 7) is 1.92. The van der Waals surface area contributed by atoms with Crippen molar-refractivity contribution in [1.82, 2.24) is 0 Å². The molecule has 0 amide bonds. The summed E-state index contributed by atoms with van der Waals surface area (Å²) in [5.41, 5.74) is -1.21. The Kier molecular flexibility index (Phi) is 9.01. The van der Waals surface area contributed by atoms with Crippen LogP contribution in [0.2, 0.25) is 0 Å². The molecule has 1 saturated heterocycles. The molecule has 2 heterocycles. The van der Waals surface area contributed by atoms with Gasteiger partial charge in [-0.3, -0.25) is 4.79 Å². The zero-order chi connectivity index (χ0) is 30.1. The Morgan fingerprint density at radius 1 is 1.07 bits per heavy atom. The van der Waals surface area contributed by atoms with Crippen molar-refractivity contribution >= 4 is 24.0 Å². The first-order valence-electron chi connectivity index (χ1n) is 12.8. The zero-order valence-electron chi connectivity index (χ0n) is 22.1. The smallest absolute Gasteiger partial charge is 0.335 e. The summed E-state index contributed by atoms with van der Waals surface area (Å²) in [7, 11) is 0. The van der Waals surface area contributed by atoms with Gasteiger partial charge >= 0.3 is 17.9 Å². The molecule has 10 unspecified atom stereocenters. The van der Waals surface area contributed by atoms with Crippen LogP contribution in [-0.4, -0.2) is 104 Å². The number of hydrogen-bond donors (Lipinski definition) is 6. The van der Waals surface area contributed by atoms with E-state index in [1.807, 2.05) is 0 Å². The number of carboxylic acid groups (broad SMARTS) is 1. The van der Waals surface area contributed by atoms with Crippen molar-refractivity contribution in [2.45, 2.75) is 69.0 Å². The first-order chi connectivity index (χ1) is 19.3. The fourth-order valence-electron chi connectivity index (χ4n) is 5.54. The van der Waals surface area contributed by atoms with Gasteiger partial charge in [-0.1, -0.05) is 12.1 Å². The molecule has 6 N–H and O–H groups in total. The van der Waals surface area contributed by atoms with Gasteiger partial charge in [0, 0.05) is 25.3 Å². The van der Waals surface area contributed by atoms with Crippen LogP contribution in [0, 0.1) is 11.8 Å². The summed E-state index contributed by atoms with van der Waals surface area (Å²) in [5, 5.41) is 59.5. The number of esters is 2. The number of aliphatic carboxylic acids is 1. The minimum atomic E-state index is -1.79. The molecule has 3 aliphatic rings. The van der Waals surface area contributed by atoms with E-state index in [1.54, 1.807) is 12.1 Å². The number of aromatic hydroxyl groups is 1. The van der Waals surface area contributed by atoms with Gasteiger partial charge in [0.15, 0.2) is 6.29 Å². The van der Waals surface area contributed by atoms with E-state index in [-0.39, 0.29) is 17.7 Å². The number of phenolic OH excluding ortho intramolecular Hbond substituents is 1. The summed E-state index contributed by atoms with van der Waals surface area (Å²) >= 11 is 0. The van der Waals surface area contributed by atoms with E-state index in [9.17, 15) is 45.0 Å². The average Bonchev–Trinajstić information content (AvgIpc) is 3.19. The fourth-order valence-corrected chi connectivity index (χ4v) is 5.54. The molecule has 14 nitrogen and oxygen atoms in total. The molecule has 2 aliphatic heterocycles. The second kappa shape index (κ2) is 12.1. The quantitative estimate of drug-likeness (QED) is 0.167. The van der Waals surface area contributed by atoms with Crippen LogP contribution < -0.4 is 0 Å². The lowest BCUT2D eigenvalue weighted by Gasteiger charge is -2.44. The topological polar surface area (TPSA) is 219 Å². The molecule has 1 aliphatic carbocycles. The van der Waals surface area contributed by atoms with Crippen LogP contribution in [-0.2, 0) is 38.1 Å². The number of ether oxygens (including phenoxy) is 5. The van der Waals surface area contributed by atoms with Crippen LogP contribution in [0.3, 0.4) is 0 Å². The fraction of sp³-hybridized carbons (Fsp3) is 0.519. The second-order valence-corrected chi connectivity index (χ2v) is 10.3. The number of carbonyl (C=O) groups is 3. The van der Waals surface area contributed by atoms with Crippen LogP contribution in [0.15, 0.2) is 42.2 Å². The second-order valence-electron chi connectivity index (χ2n) is 10.3. The van der Waals surface area contributed by atoms with E-state index in [1.165, 1.54) is 25.1 Å². The minimum absolute atomic E-state index is 0.0412. The predicted octanol–water partition coefficient (Wildman–Crippen LogP) is -0.584. The molecule has 0 spiro atoms. The molecule has 224 valence electrons. The molecule has 0 aromatic heterocycles. The molecule has 1 aromatic rings. The molecule has 1 saturated carbocycles. The molecular weight excluding hydrogens is 548 g/mol. The van der Waals surface area contributed by atoms with Crippen LogP contribution in [0.4, 0.5) is 0 Å². The lowest BCUT2D eigenvalue weighted by Crippen LogP contribution is -2.61. The van der Waals surface area contributed by atoms with E-state index in [4.69, 9.17) is 23.7 Å². The van der Waals surface area contributed by atoms with Crippen LogP contribution in [0.5, 0.6) is 5.75 Å². The van der Waals surface area contributed by atoms with Gasteiger partial charge in [-0.15, -0.1) is 0 Å². The molecule has 2 fully saturated rings. The van der Waals surface area contributed by atoms with Crippen molar-refractivity contribution in [3.05, 3.63) is 47.7 Å². The number of phenols is 1. The summed E-state index contributed by atoms with van der Waals surface area (Å²) in [4.78, 5) is 37.1. The highest BCUT2D eigenvalue weighted by Gasteiger charge is 2.63. The Morgan fingerprint density at radius 2 is 1.76 bits per heavy atom. The molecule has 14 heteroatoms. The number of rotatable bonds is 8. The number of hydrogen-bond acceptors (Lipinski definition) is 13. The maximum absolute atomic E-state index is 12.8. The standard InChI is InChI=1S/C27H32O14/c1-12(29)41-27(2)9-16(38-18(31)8-5-13-3-6-14(30)7-4-13)19-15(24(35)36)11-37-25(20(19)27)40-26-23(34)22(33)21(32)17(10-28)39-26/h3-8,11,16-17,19-23,25-26,28,30,32-34H,9-10H2,1-2H3,(H,35,36). The summed E-state index contributed by atoms with van der Waals surface area (Å²) in [5.74, 6) is -5.13. The van der Waals surface area contributed by atoms with Gasteiger partial charge in [0.2, 0.25) is 6.29 Å². The summed E-state index contributed by atoms with van der Waals surface area (Å²) < 4.78 is 28.0. The Morgan fingerprint density at radius 3 is 2.37 bits per heavy atom. The highest BCUT2D eigenvalue weighted by atomic mass is 16.8. The van der Waals surface area contributed by atoms with Gasteiger partial charge < -0.3 is 54.3 Å². The number of aliphatic hydroxyl groups excluding tert-OH is 4. The van der Waals surface area contributed by atoms with Crippen molar-refractivity contribution in [2.24, 2.45) is 11.8 Å². The monoisotopic (exact) mass is 580 g/mol. The van der Waals surface area contributed by atoms with Gasteiger partial charge in [-0.25, -0.2) is 9.59 Å². The van der Waals surface area contributed by atoms with Gasteiger partial charge in [0.25, 0.3) is 0 Å². The Hall–Kier alpha value is -3.53. The molecule has 10 atom stereocenters. The van der Waals surface area contributed by atoms with Crippen LogP contribution >= 0.6 is 0 Å². The number of carbonyl (C=O) groups excluding carboxylic acids is 2. The number of fused-ring (bicyclic) bond motifs is 1.